The number of carbonyl (C=O) groups is 3. The quantitative estimate of drug-likeness (QED) is 0.572. The lowest BCUT2D eigenvalue weighted by Gasteiger charge is -2.33. The second-order valence-electron chi connectivity index (χ2n) is 4.80. The third kappa shape index (κ3) is 2.45. The summed E-state index contributed by atoms with van der Waals surface area (Å²) in [5.41, 5.74) is 0. The Labute approximate surface area is 106 Å². The molecule has 0 aliphatic carbocycles. The third-order valence-electron chi connectivity index (χ3n) is 3.38. The molecule has 0 spiro atoms. The van der Waals surface area contributed by atoms with Gasteiger partial charge in [-0.3, -0.25) is 14.5 Å². The Kier molecular flexibility index (Phi) is 3.51. The topological polar surface area (TPSA) is 64.2 Å². The van der Waals surface area contributed by atoms with Crippen molar-refractivity contribution in [3.63, 3.8) is 0 Å². The number of piperazine rings is 1. The van der Waals surface area contributed by atoms with E-state index in [1.54, 1.807) is 11.9 Å². The molecule has 7 heteroatoms. The fourth-order valence-electron chi connectivity index (χ4n) is 2.12. The first kappa shape index (κ1) is 12.8. The second-order valence-corrected chi connectivity index (χ2v) is 4.80. The van der Waals surface area contributed by atoms with Crippen LogP contribution in [0.15, 0.2) is 0 Å². The number of likely N-dealkylation sites (N-methyl/N-ethyl adjacent to an activating group) is 2. The summed E-state index contributed by atoms with van der Waals surface area (Å²) in [5.74, 6) is -0.454. The SMILES string of the molecule is CN1CCN(C(=O)CN2C(=O)CN(C)C2=O)CC1. The maximum absolute atomic E-state index is 12.0. The largest absolute Gasteiger partial charge is 0.339 e. The van der Waals surface area contributed by atoms with E-state index in [1.165, 1.54) is 4.90 Å². The van der Waals surface area contributed by atoms with Gasteiger partial charge in [0, 0.05) is 33.2 Å². The van der Waals surface area contributed by atoms with Gasteiger partial charge in [0.1, 0.15) is 13.1 Å². The van der Waals surface area contributed by atoms with Gasteiger partial charge in [-0.05, 0) is 7.05 Å². The molecule has 18 heavy (non-hydrogen) atoms. The normalized spacial score (nSPS) is 22.0. The maximum atomic E-state index is 12.0. The first-order valence-corrected chi connectivity index (χ1v) is 6.01. The van der Waals surface area contributed by atoms with Gasteiger partial charge in [-0.15, -0.1) is 0 Å². The molecule has 0 saturated carbocycles. The van der Waals surface area contributed by atoms with E-state index in [4.69, 9.17) is 0 Å². The van der Waals surface area contributed by atoms with Gasteiger partial charge in [-0.1, -0.05) is 0 Å². The van der Waals surface area contributed by atoms with Crippen LogP contribution in [0.3, 0.4) is 0 Å². The Morgan fingerprint density at radius 2 is 1.72 bits per heavy atom. The Balaban J connectivity index is 1.91. The van der Waals surface area contributed by atoms with Crippen molar-refractivity contribution in [2.45, 2.75) is 0 Å². The molecule has 2 aliphatic rings. The van der Waals surface area contributed by atoms with Gasteiger partial charge in [0.25, 0.3) is 5.91 Å². The van der Waals surface area contributed by atoms with Crippen LogP contribution < -0.4 is 0 Å². The molecule has 2 saturated heterocycles. The Bertz CT molecular complexity index is 376. The lowest BCUT2D eigenvalue weighted by atomic mass is 10.3. The average molecular weight is 254 g/mol. The van der Waals surface area contributed by atoms with Crippen LogP contribution in [0, 0.1) is 0 Å². The van der Waals surface area contributed by atoms with Gasteiger partial charge in [0.05, 0.1) is 0 Å². The zero-order valence-electron chi connectivity index (χ0n) is 10.8. The molecular weight excluding hydrogens is 236 g/mol. The maximum Gasteiger partial charge on any atom is 0.327 e. The second kappa shape index (κ2) is 4.93. The highest BCUT2D eigenvalue weighted by Crippen LogP contribution is 2.09. The van der Waals surface area contributed by atoms with Crippen molar-refractivity contribution in [1.82, 2.24) is 19.6 Å². The lowest BCUT2D eigenvalue weighted by molar-refractivity contribution is -0.137. The highest BCUT2D eigenvalue weighted by molar-refractivity contribution is 6.04. The molecule has 0 aromatic rings. The smallest absolute Gasteiger partial charge is 0.327 e. The van der Waals surface area contributed by atoms with E-state index < -0.39 is 0 Å². The van der Waals surface area contributed by atoms with Crippen molar-refractivity contribution in [2.24, 2.45) is 0 Å². The minimum Gasteiger partial charge on any atom is -0.339 e. The monoisotopic (exact) mass is 254 g/mol. The Morgan fingerprint density at radius 3 is 2.22 bits per heavy atom. The fourth-order valence-corrected chi connectivity index (χ4v) is 2.12. The van der Waals surface area contributed by atoms with Crippen LogP contribution >= 0.6 is 0 Å². The first-order chi connectivity index (χ1) is 8.49. The number of hydrogen-bond donors (Lipinski definition) is 0. The van der Waals surface area contributed by atoms with E-state index in [9.17, 15) is 14.4 Å². The summed E-state index contributed by atoms with van der Waals surface area (Å²) in [6.07, 6.45) is 0. The van der Waals surface area contributed by atoms with E-state index in [-0.39, 0.29) is 30.9 Å². The molecule has 2 rings (SSSR count). The van der Waals surface area contributed by atoms with Crippen molar-refractivity contribution in [3.8, 4) is 0 Å². The molecule has 0 radical (unpaired) electrons. The van der Waals surface area contributed by atoms with Gasteiger partial charge in [0.15, 0.2) is 0 Å². The van der Waals surface area contributed by atoms with Crippen LogP contribution in [0.25, 0.3) is 0 Å². The molecule has 0 atom stereocenters. The number of carbonyl (C=O) groups excluding carboxylic acids is 3. The van der Waals surface area contributed by atoms with Crippen LogP contribution in [0.1, 0.15) is 0 Å². The van der Waals surface area contributed by atoms with Gasteiger partial charge in [0.2, 0.25) is 5.91 Å². The van der Waals surface area contributed by atoms with E-state index in [1.807, 2.05) is 7.05 Å². The minimum atomic E-state index is -0.387. The molecule has 0 N–H and O–H groups in total. The van der Waals surface area contributed by atoms with Gasteiger partial charge < -0.3 is 14.7 Å². The van der Waals surface area contributed by atoms with E-state index in [2.05, 4.69) is 4.90 Å². The van der Waals surface area contributed by atoms with Crippen LogP contribution in [-0.4, -0.2) is 90.8 Å². The van der Waals surface area contributed by atoms with E-state index in [0.29, 0.717) is 13.1 Å². The summed E-state index contributed by atoms with van der Waals surface area (Å²) >= 11 is 0. The van der Waals surface area contributed by atoms with Crippen LogP contribution in [0.5, 0.6) is 0 Å². The third-order valence-corrected chi connectivity index (χ3v) is 3.38. The highest BCUT2D eigenvalue weighted by atomic mass is 16.2. The van der Waals surface area contributed by atoms with Crippen molar-refractivity contribution >= 4 is 17.8 Å². The molecule has 0 bridgehead atoms. The molecule has 100 valence electrons. The number of nitrogens with zero attached hydrogens (tertiary/aromatic N) is 4. The number of imide groups is 1. The number of amides is 4. The zero-order valence-corrected chi connectivity index (χ0v) is 10.8. The van der Waals surface area contributed by atoms with E-state index in [0.717, 1.165) is 18.0 Å². The first-order valence-electron chi connectivity index (χ1n) is 6.01. The average Bonchev–Trinajstić information content (AvgIpc) is 2.57. The molecule has 0 unspecified atom stereocenters. The van der Waals surface area contributed by atoms with Crippen molar-refractivity contribution < 1.29 is 14.4 Å². The predicted molar refractivity (Wildman–Crippen MR) is 63.8 cm³/mol. The minimum absolute atomic E-state index is 0.0643. The van der Waals surface area contributed by atoms with Gasteiger partial charge >= 0.3 is 6.03 Å². The number of urea groups is 1. The number of rotatable bonds is 2. The summed E-state index contributed by atoms with van der Waals surface area (Å²) in [4.78, 5) is 41.4. The Morgan fingerprint density at radius 1 is 1.11 bits per heavy atom. The molecule has 2 heterocycles. The van der Waals surface area contributed by atoms with Crippen LogP contribution in [0.4, 0.5) is 4.79 Å². The summed E-state index contributed by atoms with van der Waals surface area (Å²) in [5, 5.41) is 0. The van der Waals surface area contributed by atoms with Gasteiger partial charge in [-0.2, -0.15) is 0 Å². The molecule has 2 aliphatic heterocycles. The standard InChI is InChI=1S/C11H18N4O3/c1-12-3-5-14(6-4-12)9(16)8-15-10(17)7-13(2)11(15)18/h3-8H2,1-2H3. The molecule has 2 fully saturated rings. The summed E-state index contributed by atoms with van der Waals surface area (Å²) < 4.78 is 0. The van der Waals surface area contributed by atoms with Crippen molar-refractivity contribution in [2.75, 3.05) is 53.4 Å². The fraction of sp³-hybridized carbons (Fsp3) is 0.727. The summed E-state index contributed by atoms with van der Waals surface area (Å²) in [6, 6.07) is -0.387. The van der Waals surface area contributed by atoms with Crippen LogP contribution in [0.2, 0.25) is 0 Å². The highest BCUT2D eigenvalue weighted by Gasteiger charge is 2.35. The lowest BCUT2D eigenvalue weighted by Crippen LogP contribution is -2.50. The van der Waals surface area contributed by atoms with E-state index >= 15 is 0 Å². The Hall–Kier alpha value is -1.63. The van der Waals surface area contributed by atoms with Crippen molar-refractivity contribution in [1.29, 1.82) is 0 Å². The molecule has 0 aromatic heterocycles. The molecule has 7 nitrogen and oxygen atoms in total. The summed E-state index contributed by atoms with van der Waals surface area (Å²) in [6.45, 7) is 2.89. The summed E-state index contributed by atoms with van der Waals surface area (Å²) in [7, 11) is 3.56. The van der Waals surface area contributed by atoms with Crippen molar-refractivity contribution in [3.05, 3.63) is 0 Å². The molecule has 4 amide bonds. The molecular formula is C11H18N4O3. The van der Waals surface area contributed by atoms with Gasteiger partial charge in [-0.25, -0.2) is 4.79 Å². The number of hydrogen-bond acceptors (Lipinski definition) is 4. The van der Waals surface area contributed by atoms with Crippen LogP contribution in [-0.2, 0) is 9.59 Å². The zero-order chi connectivity index (χ0) is 13.3. The predicted octanol–water partition coefficient (Wildman–Crippen LogP) is -1.35. The molecule has 0 aromatic carbocycles.